The molecule has 3 saturated heterocycles. The van der Waals surface area contributed by atoms with Crippen molar-refractivity contribution < 1.29 is 59.4 Å². The highest BCUT2D eigenvalue weighted by atomic mass is 16.8. The Morgan fingerprint density at radius 1 is 0.567 bits per heavy atom. The lowest BCUT2D eigenvalue weighted by Crippen LogP contribution is -2.64. The fourth-order valence-corrected chi connectivity index (χ4v) is 3.77. The van der Waals surface area contributed by atoms with Gasteiger partial charge in [0.05, 0.1) is 24.9 Å². The molecule has 3 aliphatic rings. The molecule has 12 heteroatoms. The van der Waals surface area contributed by atoms with Crippen molar-refractivity contribution in [3.8, 4) is 0 Å². The van der Waals surface area contributed by atoms with E-state index in [0.717, 1.165) is 0 Å². The molecule has 3 fully saturated rings. The Balaban J connectivity index is 1.75. The standard InChI is InChI=1S/C18H32O12/c1-5-9(19)12(22)8(4-26-5)29-18-16(14(24)11(21)7(3)28-18)30-17-15(25)13(23)10(20)6(2)27-17/h5-25H,4H2,1-3H3. The highest BCUT2D eigenvalue weighted by molar-refractivity contribution is 4.93. The number of ether oxygens (including phenoxy) is 5. The van der Waals surface area contributed by atoms with Gasteiger partial charge in [0.15, 0.2) is 12.6 Å². The number of hydrogen-bond donors (Lipinski definition) is 7. The fourth-order valence-electron chi connectivity index (χ4n) is 3.77. The van der Waals surface area contributed by atoms with Gasteiger partial charge in [-0.05, 0) is 20.8 Å². The van der Waals surface area contributed by atoms with Crippen LogP contribution in [-0.4, -0.2) is 128 Å². The van der Waals surface area contributed by atoms with E-state index < -0.39 is 85.8 Å². The minimum atomic E-state index is -1.65. The van der Waals surface area contributed by atoms with Crippen LogP contribution in [-0.2, 0) is 23.7 Å². The van der Waals surface area contributed by atoms with Gasteiger partial charge < -0.3 is 59.4 Å². The molecule has 3 rings (SSSR count). The van der Waals surface area contributed by atoms with E-state index in [9.17, 15) is 35.7 Å². The summed E-state index contributed by atoms with van der Waals surface area (Å²) < 4.78 is 27.7. The molecule has 0 spiro atoms. The second kappa shape index (κ2) is 9.57. The normalized spacial score (nSPS) is 55.4. The van der Waals surface area contributed by atoms with E-state index in [1.807, 2.05) is 0 Å². The van der Waals surface area contributed by atoms with Crippen molar-refractivity contribution in [3.63, 3.8) is 0 Å². The summed E-state index contributed by atoms with van der Waals surface area (Å²) in [6, 6.07) is 0. The summed E-state index contributed by atoms with van der Waals surface area (Å²) in [6.07, 6.45) is -17.5. The maximum Gasteiger partial charge on any atom is 0.187 e. The molecular weight excluding hydrogens is 408 g/mol. The Bertz CT molecular complexity index is 565. The number of hydrogen-bond acceptors (Lipinski definition) is 12. The van der Waals surface area contributed by atoms with Gasteiger partial charge in [-0.2, -0.15) is 0 Å². The molecule has 0 aromatic carbocycles. The highest BCUT2D eigenvalue weighted by Gasteiger charge is 2.51. The molecule has 0 radical (unpaired) electrons. The third kappa shape index (κ3) is 4.65. The molecule has 0 aromatic rings. The summed E-state index contributed by atoms with van der Waals surface area (Å²) in [5, 5.41) is 71.0. The number of aliphatic hydroxyl groups excluding tert-OH is 7. The average Bonchev–Trinajstić information content (AvgIpc) is 2.71. The van der Waals surface area contributed by atoms with Crippen molar-refractivity contribution in [2.24, 2.45) is 0 Å². The third-order valence-corrected chi connectivity index (χ3v) is 5.93. The quantitative estimate of drug-likeness (QED) is 0.226. The van der Waals surface area contributed by atoms with Crippen LogP contribution in [0.2, 0.25) is 0 Å². The Hall–Kier alpha value is -0.480. The first-order chi connectivity index (χ1) is 14.0. The van der Waals surface area contributed by atoms with Crippen molar-refractivity contribution >= 4 is 0 Å². The fraction of sp³-hybridized carbons (Fsp3) is 1.00. The maximum absolute atomic E-state index is 10.5. The second-order valence-electron chi connectivity index (χ2n) is 8.17. The Kier molecular flexibility index (Phi) is 7.71. The van der Waals surface area contributed by atoms with Crippen LogP contribution < -0.4 is 0 Å². The summed E-state index contributed by atoms with van der Waals surface area (Å²) >= 11 is 0. The molecule has 0 aliphatic carbocycles. The molecule has 3 aliphatic heterocycles. The van der Waals surface area contributed by atoms with Gasteiger partial charge in [0.25, 0.3) is 0 Å². The zero-order valence-corrected chi connectivity index (χ0v) is 17.0. The summed E-state index contributed by atoms with van der Waals surface area (Å²) in [6.45, 7) is 4.49. The minimum Gasteiger partial charge on any atom is -0.388 e. The molecular formula is C18H32O12. The maximum atomic E-state index is 10.5. The first-order valence-corrected chi connectivity index (χ1v) is 10.0. The summed E-state index contributed by atoms with van der Waals surface area (Å²) in [4.78, 5) is 0. The van der Waals surface area contributed by atoms with Crippen LogP contribution in [0.5, 0.6) is 0 Å². The lowest BCUT2D eigenvalue weighted by atomic mass is 9.97. The summed E-state index contributed by atoms with van der Waals surface area (Å²) in [5.41, 5.74) is 0. The van der Waals surface area contributed by atoms with Crippen LogP contribution >= 0.6 is 0 Å². The zero-order chi connectivity index (χ0) is 22.3. The molecule has 0 saturated carbocycles. The van der Waals surface area contributed by atoms with Gasteiger partial charge in [0.1, 0.15) is 54.9 Å². The topological polar surface area (TPSA) is 188 Å². The number of rotatable bonds is 4. The lowest BCUT2D eigenvalue weighted by molar-refractivity contribution is -0.373. The molecule has 12 nitrogen and oxygen atoms in total. The van der Waals surface area contributed by atoms with Gasteiger partial charge in [-0.15, -0.1) is 0 Å². The van der Waals surface area contributed by atoms with Crippen molar-refractivity contribution in [3.05, 3.63) is 0 Å². The van der Waals surface area contributed by atoms with E-state index in [1.54, 1.807) is 6.92 Å². The molecule has 176 valence electrons. The molecule has 0 bridgehead atoms. The van der Waals surface area contributed by atoms with Crippen molar-refractivity contribution in [2.45, 2.75) is 107 Å². The van der Waals surface area contributed by atoms with E-state index in [1.165, 1.54) is 13.8 Å². The molecule has 0 aromatic heterocycles. The SMILES string of the molecule is CC1OCC(OC2OC(C)C(O)C(O)C2OC2OC(C)C(O)C(O)C2O)C(O)C1O. The van der Waals surface area contributed by atoms with Crippen LogP contribution in [0.3, 0.4) is 0 Å². The first kappa shape index (κ1) is 24.2. The van der Waals surface area contributed by atoms with E-state index in [0.29, 0.717) is 0 Å². The summed E-state index contributed by atoms with van der Waals surface area (Å²) in [5.74, 6) is 0. The van der Waals surface area contributed by atoms with Crippen molar-refractivity contribution in [2.75, 3.05) is 6.61 Å². The van der Waals surface area contributed by atoms with Gasteiger partial charge in [-0.3, -0.25) is 0 Å². The van der Waals surface area contributed by atoms with Gasteiger partial charge in [-0.1, -0.05) is 0 Å². The molecule has 7 N–H and O–H groups in total. The monoisotopic (exact) mass is 440 g/mol. The predicted molar refractivity (Wildman–Crippen MR) is 95.9 cm³/mol. The predicted octanol–water partition coefficient (Wildman–Crippen LogP) is -3.81. The Labute approximate surface area is 173 Å². The highest BCUT2D eigenvalue weighted by Crippen LogP contribution is 2.31. The first-order valence-electron chi connectivity index (χ1n) is 10.0. The second-order valence-corrected chi connectivity index (χ2v) is 8.17. The van der Waals surface area contributed by atoms with Crippen LogP contribution in [0.1, 0.15) is 20.8 Å². The van der Waals surface area contributed by atoms with Crippen molar-refractivity contribution in [1.29, 1.82) is 0 Å². The minimum absolute atomic E-state index is 0.0660. The van der Waals surface area contributed by atoms with Crippen LogP contribution in [0.4, 0.5) is 0 Å². The lowest BCUT2D eigenvalue weighted by Gasteiger charge is -2.47. The van der Waals surface area contributed by atoms with Crippen LogP contribution in [0.15, 0.2) is 0 Å². The van der Waals surface area contributed by atoms with E-state index in [4.69, 9.17) is 23.7 Å². The molecule has 3 heterocycles. The summed E-state index contributed by atoms with van der Waals surface area (Å²) in [7, 11) is 0. The smallest absolute Gasteiger partial charge is 0.187 e. The van der Waals surface area contributed by atoms with Gasteiger partial charge in [0.2, 0.25) is 0 Å². The van der Waals surface area contributed by atoms with Gasteiger partial charge in [0, 0.05) is 0 Å². The van der Waals surface area contributed by atoms with Crippen LogP contribution in [0.25, 0.3) is 0 Å². The molecule has 14 unspecified atom stereocenters. The van der Waals surface area contributed by atoms with E-state index in [-0.39, 0.29) is 6.61 Å². The largest absolute Gasteiger partial charge is 0.388 e. The zero-order valence-electron chi connectivity index (χ0n) is 17.0. The number of aliphatic hydroxyl groups is 7. The van der Waals surface area contributed by atoms with Gasteiger partial charge in [-0.25, -0.2) is 0 Å². The Morgan fingerprint density at radius 2 is 1.10 bits per heavy atom. The van der Waals surface area contributed by atoms with E-state index >= 15 is 0 Å². The molecule has 30 heavy (non-hydrogen) atoms. The van der Waals surface area contributed by atoms with E-state index in [2.05, 4.69) is 0 Å². The third-order valence-electron chi connectivity index (χ3n) is 5.93. The molecule has 14 atom stereocenters. The Morgan fingerprint density at radius 3 is 1.73 bits per heavy atom. The average molecular weight is 440 g/mol. The van der Waals surface area contributed by atoms with Crippen LogP contribution in [0, 0.1) is 0 Å². The van der Waals surface area contributed by atoms with Crippen molar-refractivity contribution in [1.82, 2.24) is 0 Å². The van der Waals surface area contributed by atoms with Gasteiger partial charge >= 0.3 is 0 Å². The molecule has 0 amide bonds.